The van der Waals surface area contributed by atoms with Gasteiger partial charge in [-0.15, -0.1) is 12.4 Å². The number of nitrogens with zero attached hydrogens (tertiary/aromatic N) is 3. The minimum atomic E-state index is -4.48. The molecule has 1 fully saturated rings. The fourth-order valence-electron chi connectivity index (χ4n) is 2.18. The highest BCUT2D eigenvalue weighted by Gasteiger charge is 2.34. The molecule has 0 aromatic carbocycles. The van der Waals surface area contributed by atoms with Crippen molar-refractivity contribution < 1.29 is 13.2 Å². The van der Waals surface area contributed by atoms with E-state index in [0.717, 1.165) is 25.2 Å². The Bertz CT molecular complexity index is 453. The molecule has 0 aliphatic carbocycles. The molecule has 0 amide bonds. The first-order valence-corrected chi connectivity index (χ1v) is 6.21. The molecular weight excluding hydrogens is 293 g/mol. The molecule has 2 rings (SSSR count). The van der Waals surface area contributed by atoms with Crippen LogP contribution in [0.2, 0.25) is 0 Å². The standard InChI is InChI=1S/C12H17F3N4.ClH/c1-8-6-19(4-3-16-8)7-10-5-17-11(12(13,14)15)18-9(10)2;/h5,8,16H,3-4,6-7H2,1-2H3;1H. The van der Waals surface area contributed by atoms with Crippen LogP contribution in [-0.2, 0) is 12.7 Å². The summed E-state index contributed by atoms with van der Waals surface area (Å²) in [5, 5.41) is 3.32. The van der Waals surface area contributed by atoms with E-state index in [1.165, 1.54) is 6.20 Å². The lowest BCUT2D eigenvalue weighted by Crippen LogP contribution is -2.48. The van der Waals surface area contributed by atoms with Crippen molar-refractivity contribution in [1.82, 2.24) is 20.2 Å². The van der Waals surface area contributed by atoms with E-state index < -0.39 is 12.0 Å². The minimum absolute atomic E-state index is 0. The van der Waals surface area contributed by atoms with Gasteiger partial charge in [0.2, 0.25) is 5.82 Å². The summed E-state index contributed by atoms with van der Waals surface area (Å²) in [4.78, 5) is 9.16. The third-order valence-corrected chi connectivity index (χ3v) is 3.18. The Morgan fingerprint density at radius 2 is 2.15 bits per heavy atom. The number of hydrogen-bond donors (Lipinski definition) is 1. The molecule has 1 aromatic heterocycles. The van der Waals surface area contributed by atoms with E-state index >= 15 is 0 Å². The van der Waals surface area contributed by atoms with Gasteiger partial charge in [-0.1, -0.05) is 0 Å². The molecule has 0 saturated carbocycles. The molecule has 1 aliphatic heterocycles. The highest BCUT2D eigenvalue weighted by atomic mass is 35.5. The average Bonchev–Trinajstić information content (AvgIpc) is 2.30. The van der Waals surface area contributed by atoms with Crippen LogP contribution in [0.1, 0.15) is 24.0 Å². The first kappa shape index (κ1) is 17.1. The van der Waals surface area contributed by atoms with Crippen molar-refractivity contribution in [1.29, 1.82) is 0 Å². The van der Waals surface area contributed by atoms with Crippen molar-refractivity contribution >= 4 is 12.4 Å². The van der Waals surface area contributed by atoms with Gasteiger partial charge in [0.1, 0.15) is 0 Å². The van der Waals surface area contributed by atoms with Crippen LogP contribution in [-0.4, -0.2) is 40.5 Å². The Morgan fingerprint density at radius 1 is 1.45 bits per heavy atom. The summed E-state index contributed by atoms with van der Waals surface area (Å²) in [6.45, 7) is 6.92. The average molecular weight is 311 g/mol. The maximum Gasteiger partial charge on any atom is 0.451 e. The molecule has 1 aliphatic rings. The monoisotopic (exact) mass is 310 g/mol. The van der Waals surface area contributed by atoms with E-state index in [1.807, 2.05) is 0 Å². The van der Waals surface area contributed by atoms with Crippen LogP contribution in [0.15, 0.2) is 6.20 Å². The van der Waals surface area contributed by atoms with E-state index in [1.54, 1.807) is 6.92 Å². The van der Waals surface area contributed by atoms with E-state index in [4.69, 9.17) is 0 Å². The maximum absolute atomic E-state index is 12.5. The molecule has 2 heterocycles. The van der Waals surface area contributed by atoms with Gasteiger partial charge in [0.25, 0.3) is 0 Å². The van der Waals surface area contributed by atoms with E-state index in [-0.39, 0.29) is 12.4 Å². The number of piperazine rings is 1. The molecule has 20 heavy (non-hydrogen) atoms. The molecule has 1 unspecified atom stereocenters. The molecule has 1 aromatic rings. The van der Waals surface area contributed by atoms with Crippen LogP contribution in [0.4, 0.5) is 13.2 Å². The largest absolute Gasteiger partial charge is 0.451 e. The summed E-state index contributed by atoms with van der Waals surface area (Å²) >= 11 is 0. The third-order valence-electron chi connectivity index (χ3n) is 3.18. The summed E-state index contributed by atoms with van der Waals surface area (Å²) in [5.41, 5.74) is 1.15. The molecule has 1 saturated heterocycles. The number of aromatic nitrogens is 2. The van der Waals surface area contributed by atoms with Crippen molar-refractivity contribution in [3.8, 4) is 0 Å². The van der Waals surface area contributed by atoms with Crippen molar-refractivity contribution in [2.24, 2.45) is 0 Å². The van der Waals surface area contributed by atoms with Gasteiger partial charge in [-0.2, -0.15) is 13.2 Å². The van der Waals surface area contributed by atoms with Crippen LogP contribution in [0.25, 0.3) is 0 Å². The fourth-order valence-corrected chi connectivity index (χ4v) is 2.18. The molecule has 114 valence electrons. The maximum atomic E-state index is 12.5. The zero-order valence-electron chi connectivity index (χ0n) is 11.4. The van der Waals surface area contributed by atoms with E-state index in [0.29, 0.717) is 18.3 Å². The normalized spacial score (nSPS) is 20.6. The Morgan fingerprint density at radius 3 is 2.70 bits per heavy atom. The lowest BCUT2D eigenvalue weighted by Gasteiger charge is -2.31. The number of alkyl halides is 3. The van der Waals surface area contributed by atoms with Gasteiger partial charge in [-0.25, -0.2) is 9.97 Å². The summed E-state index contributed by atoms with van der Waals surface area (Å²) in [6.07, 6.45) is -3.19. The van der Waals surface area contributed by atoms with Gasteiger partial charge >= 0.3 is 6.18 Å². The van der Waals surface area contributed by atoms with Crippen molar-refractivity contribution in [3.63, 3.8) is 0 Å². The molecular formula is C12H18ClF3N4. The Labute approximate surface area is 122 Å². The highest BCUT2D eigenvalue weighted by Crippen LogP contribution is 2.26. The Kier molecular flexibility index (Phi) is 5.73. The molecule has 0 bridgehead atoms. The first-order valence-electron chi connectivity index (χ1n) is 6.21. The molecule has 0 radical (unpaired) electrons. The minimum Gasteiger partial charge on any atom is -0.312 e. The predicted octanol–water partition coefficient (Wildman–Crippen LogP) is 2.02. The number of hydrogen-bond acceptors (Lipinski definition) is 4. The van der Waals surface area contributed by atoms with Gasteiger partial charge in [0.15, 0.2) is 0 Å². The van der Waals surface area contributed by atoms with Crippen LogP contribution in [0.3, 0.4) is 0 Å². The zero-order valence-corrected chi connectivity index (χ0v) is 12.2. The van der Waals surface area contributed by atoms with Crippen LogP contribution in [0.5, 0.6) is 0 Å². The number of rotatable bonds is 2. The molecule has 4 nitrogen and oxygen atoms in total. The highest BCUT2D eigenvalue weighted by molar-refractivity contribution is 5.85. The van der Waals surface area contributed by atoms with E-state index in [9.17, 15) is 13.2 Å². The fraction of sp³-hybridized carbons (Fsp3) is 0.667. The van der Waals surface area contributed by atoms with Gasteiger partial charge in [-0.05, 0) is 13.8 Å². The van der Waals surface area contributed by atoms with Crippen molar-refractivity contribution in [3.05, 3.63) is 23.3 Å². The second-order valence-corrected chi connectivity index (χ2v) is 4.89. The molecule has 1 N–H and O–H groups in total. The van der Waals surface area contributed by atoms with Crippen molar-refractivity contribution in [2.75, 3.05) is 19.6 Å². The second-order valence-electron chi connectivity index (χ2n) is 4.89. The Balaban J connectivity index is 0.00000200. The smallest absolute Gasteiger partial charge is 0.312 e. The third kappa shape index (κ3) is 4.29. The molecule has 0 spiro atoms. The summed E-state index contributed by atoms with van der Waals surface area (Å²) in [5.74, 6) is -1.07. The quantitative estimate of drug-likeness (QED) is 0.907. The Hall–Kier alpha value is -0.920. The lowest BCUT2D eigenvalue weighted by atomic mass is 10.2. The lowest BCUT2D eigenvalue weighted by molar-refractivity contribution is -0.145. The SMILES string of the molecule is Cc1nc(C(F)(F)F)ncc1CN1CCNC(C)C1.Cl. The zero-order chi connectivity index (χ0) is 14.0. The summed E-state index contributed by atoms with van der Waals surface area (Å²) < 4.78 is 37.4. The number of halogens is 4. The van der Waals surface area contributed by atoms with Gasteiger partial charge in [-0.3, -0.25) is 4.90 Å². The number of aryl methyl sites for hydroxylation is 1. The van der Waals surface area contributed by atoms with Crippen LogP contribution in [0, 0.1) is 6.92 Å². The first-order chi connectivity index (χ1) is 8.86. The summed E-state index contributed by atoms with van der Waals surface area (Å²) in [6, 6.07) is 0.393. The topological polar surface area (TPSA) is 41.1 Å². The van der Waals surface area contributed by atoms with Gasteiger partial charge in [0.05, 0.1) is 0 Å². The summed E-state index contributed by atoms with van der Waals surface area (Å²) in [7, 11) is 0. The van der Waals surface area contributed by atoms with Crippen LogP contribution < -0.4 is 5.32 Å². The van der Waals surface area contributed by atoms with Gasteiger partial charge < -0.3 is 5.32 Å². The van der Waals surface area contributed by atoms with Crippen molar-refractivity contribution in [2.45, 2.75) is 32.6 Å². The van der Waals surface area contributed by atoms with E-state index in [2.05, 4.69) is 27.1 Å². The second kappa shape index (κ2) is 6.69. The predicted molar refractivity (Wildman–Crippen MR) is 71.8 cm³/mol. The van der Waals surface area contributed by atoms with Gasteiger partial charge in [0, 0.05) is 49.7 Å². The molecule has 1 atom stereocenters. The molecule has 8 heteroatoms. The van der Waals surface area contributed by atoms with Crippen LogP contribution >= 0.6 is 12.4 Å². The number of nitrogens with one attached hydrogen (secondary N) is 1.